The molecule has 0 aliphatic rings. The Hall–Kier alpha value is -3.62. The molecule has 9 heteroatoms. The van der Waals surface area contributed by atoms with E-state index >= 15 is 0 Å². The van der Waals surface area contributed by atoms with Crippen LogP contribution in [0.25, 0.3) is 0 Å². The second kappa shape index (κ2) is 9.36. The molecular weight excluding hydrogens is 368 g/mol. The van der Waals surface area contributed by atoms with Crippen LogP contribution in [0.3, 0.4) is 0 Å². The van der Waals surface area contributed by atoms with Crippen LogP contribution in [0, 0.1) is 20.2 Å². The highest BCUT2D eigenvalue weighted by molar-refractivity contribution is 5.97. The van der Waals surface area contributed by atoms with Crippen molar-refractivity contribution < 1.29 is 24.2 Å². The summed E-state index contributed by atoms with van der Waals surface area (Å²) in [5.74, 6) is -2.58. The lowest BCUT2D eigenvalue weighted by Crippen LogP contribution is -2.38. The zero-order chi connectivity index (χ0) is 20.7. The molecule has 0 aliphatic heterocycles. The monoisotopic (exact) mass is 386 g/mol. The maximum atomic E-state index is 12.6. The number of ketones is 1. The summed E-state index contributed by atoms with van der Waals surface area (Å²) in [6, 6.07) is 11.4. The zero-order valence-corrected chi connectivity index (χ0v) is 15.0. The molecule has 0 bridgehead atoms. The first-order valence-electron chi connectivity index (χ1n) is 8.47. The van der Waals surface area contributed by atoms with Gasteiger partial charge in [-0.05, 0) is 12.5 Å². The fraction of sp³-hybridized carbons (Fsp3) is 0.263. The number of hydrogen-bond donors (Lipinski definition) is 0. The molecule has 2 aromatic rings. The maximum Gasteiger partial charge on any atom is 0.382 e. The second-order valence-electron chi connectivity index (χ2n) is 5.93. The first-order chi connectivity index (χ1) is 13.3. The Morgan fingerprint density at radius 3 is 2.11 bits per heavy atom. The third kappa shape index (κ3) is 4.97. The van der Waals surface area contributed by atoms with Crippen molar-refractivity contribution in [2.45, 2.75) is 25.3 Å². The van der Waals surface area contributed by atoms with E-state index in [9.17, 15) is 29.8 Å². The summed E-state index contributed by atoms with van der Waals surface area (Å²) in [4.78, 5) is 45.9. The van der Waals surface area contributed by atoms with Crippen LogP contribution in [-0.4, -0.2) is 34.2 Å². The summed E-state index contributed by atoms with van der Waals surface area (Å²) < 4.78 is 4.82. The van der Waals surface area contributed by atoms with Crippen molar-refractivity contribution in [1.29, 1.82) is 0 Å². The Morgan fingerprint density at radius 2 is 1.61 bits per heavy atom. The van der Waals surface area contributed by atoms with Gasteiger partial charge in [0.2, 0.25) is 0 Å². The summed E-state index contributed by atoms with van der Waals surface area (Å²) in [5, 5.41) is 22.5. The highest BCUT2D eigenvalue weighted by Crippen LogP contribution is 2.29. The lowest BCUT2D eigenvalue weighted by molar-refractivity contribution is -0.514. The number of nitro benzene ring substituents is 1. The quantitative estimate of drug-likeness (QED) is 0.280. The highest BCUT2D eigenvalue weighted by Gasteiger charge is 2.42. The van der Waals surface area contributed by atoms with Crippen molar-refractivity contribution in [3.8, 4) is 0 Å². The van der Waals surface area contributed by atoms with E-state index in [-0.39, 0.29) is 30.1 Å². The fourth-order valence-electron chi connectivity index (χ4n) is 2.82. The number of Topliss-reactive ketones (excluding diaryl/α,β-unsaturated/α-hetero) is 1. The van der Waals surface area contributed by atoms with E-state index in [0.717, 1.165) is 0 Å². The van der Waals surface area contributed by atoms with Crippen molar-refractivity contribution >= 4 is 17.4 Å². The number of hydrogen-bond acceptors (Lipinski definition) is 7. The topological polar surface area (TPSA) is 130 Å². The fourth-order valence-corrected chi connectivity index (χ4v) is 2.82. The molecule has 9 nitrogen and oxygen atoms in total. The van der Waals surface area contributed by atoms with Crippen LogP contribution < -0.4 is 0 Å². The molecule has 2 aromatic carbocycles. The van der Waals surface area contributed by atoms with Gasteiger partial charge in [0, 0.05) is 29.0 Å². The van der Waals surface area contributed by atoms with Gasteiger partial charge in [-0.3, -0.25) is 25.0 Å². The molecule has 2 unspecified atom stereocenters. The number of nitro groups is 2. The number of carbonyl (C=O) groups excluding carboxylic acids is 2. The number of rotatable bonds is 9. The van der Waals surface area contributed by atoms with Crippen LogP contribution in [0.4, 0.5) is 5.69 Å². The third-order valence-corrected chi connectivity index (χ3v) is 4.17. The van der Waals surface area contributed by atoms with Crippen LogP contribution in [0.5, 0.6) is 0 Å². The van der Waals surface area contributed by atoms with E-state index in [0.29, 0.717) is 5.56 Å². The van der Waals surface area contributed by atoms with E-state index in [4.69, 9.17) is 4.74 Å². The number of carbonyl (C=O) groups is 2. The summed E-state index contributed by atoms with van der Waals surface area (Å²) in [6.07, 6.45) is -0.327. The molecule has 0 spiro atoms. The maximum absolute atomic E-state index is 12.6. The smallest absolute Gasteiger partial charge is 0.382 e. The Morgan fingerprint density at radius 1 is 1.00 bits per heavy atom. The molecule has 0 fully saturated rings. The van der Waals surface area contributed by atoms with Gasteiger partial charge in [0.1, 0.15) is 0 Å². The van der Waals surface area contributed by atoms with Gasteiger partial charge in [-0.25, -0.2) is 4.79 Å². The SMILES string of the molecule is CCOC(=O)C(C(CC(=O)c1ccccc1)c1ccc([N+](=O)[O-])cc1)[N+](=O)[O-]. The van der Waals surface area contributed by atoms with E-state index in [2.05, 4.69) is 0 Å². The Balaban J connectivity index is 2.43. The van der Waals surface area contributed by atoms with Crippen LogP contribution in [0.2, 0.25) is 0 Å². The van der Waals surface area contributed by atoms with Crippen molar-refractivity contribution in [3.63, 3.8) is 0 Å². The molecule has 2 atom stereocenters. The Bertz CT molecular complexity index is 866. The first-order valence-corrected chi connectivity index (χ1v) is 8.47. The van der Waals surface area contributed by atoms with Crippen molar-refractivity contribution in [2.24, 2.45) is 0 Å². The largest absolute Gasteiger partial charge is 0.461 e. The third-order valence-electron chi connectivity index (χ3n) is 4.17. The summed E-state index contributed by atoms with van der Waals surface area (Å²) in [7, 11) is 0. The zero-order valence-electron chi connectivity index (χ0n) is 15.0. The number of esters is 1. The molecule has 146 valence electrons. The average molecular weight is 386 g/mol. The molecule has 0 N–H and O–H groups in total. The second-order valence-corrected chi connectivity index (χ2v) is 5.93. The van der Waals surface area contributed by atoms with Gasteiger partial charge in [0.05, 0.1) is 17.4 Å². The predicted molar refractivity (Wildman–Crippen MR) is 98.6 cm³/mol. The lowest BCUT2D eigenvalue weighted by Gasteiger charge is -2.19. The van der Waals surface area contributed by atoms with Gasteiger partial charge in [0.15, 0.2) is 5.78 Å². The highest BCUT2D eigenvalue weighted by atomic mass is 16.6. The summed E-state index contributed by atoms with van der Waals surface area (Å²) >= 11 is 0. The molecule has 0 saturated carbocycles. The number of benzene rings is 2. The van der Waals surface area contributed by atoms with Crippen molar-refractivity contribution in [2.75, 3.05) is 6.61 Å². The standard InChI is InChI=1S/C19H18N2O7/c1-2-28-19(23)18(21(26)27)16(12-17(22)14-6-4-3-5-7-14)13-8-10-15(11-9-13)20(24)25/h3-11,16,18H,2,12H2,1H3. The van der Waals surface area contributed by atoms with Gasteiger partial charge in [-0.15, -0.1) is 0 Å². The number of ether oxygens (including phenoxy) is 1. The van der Waals surface area contributed by atoms with Gasteiger partial charge in [-0.1, -0.05) is 42.5 Å². The summed E-state index contributed by atoms with van der Waals surface area (Å²) in [6.45, 7) is 1.47. The van der Waals surface area contributed by atoms with Gasteiger partial charge in [0.25, 0.3) is 5.69 Å². The molecular formula is C19H18N2O7. The van der Waals surface area contributed by atoms with Crippen molar-refractivity contribution in [3.05, 3.63) is 86.0 Å². The van der Waals surface area contributed by atoms with E-state index in [1.54, 1.807) is 30.3 Å². The average Bonchev–Trinajstić information content (AvgIpc) is 2.68. The predicted octanol–water partition coefficient (Wildman–Crippen LogP) is 3.16. The van der Waals surface area contributed by atoms with E-state index < -0.39 is 27.8 Å². The molecule has 0 aliphatic carbocycles. The Kier molecular flexibility index (Phi) is 6.91. The molecule has 0 saturated heterocycles. The lowest BCUT2D eigenvalue weighted by atomic mass is 9.85. The van der Waals surface area contributed by atoms with Gasteiger partial charge >= 0.3 is 12.0 Å². The minimum absolute atomic E-state index is 0.0528. The molecule has 0 aromatic heterocycles. The van der Waals surface area contributed by atoms with Crippen LogP contribution in [0.15, 0.2) is 54.6 Å². The van der Waals surface area contributed by atoms with Gasteiger partial charge < -0.3 is 4.74 Å². The number of nitrogens with zero attached hydrogens (tertiary/aromatic N) is 2. The normalized spacial score (nSPS) is 12.6. The van der Waals surface area contributed by atoms with Crippen LogP contribution in [-0.2, 0) is 9.53 Å². The minimum Gasteiger partial charge on any atom is -0.461 e. The van der Waals surface area contributed by atoms with E-state index in [1.165, 1.54) is 31.2 Å². The molecule has 28 heavy (non-hydrogen) atoms. The molecule has 2 rings (SSSR count). The first kappa shape index (κ1) is 20.7. The molecule has 0 heterocycles. The van der Waals surface area contributed by atoms with E-state index in [1.807, 2.05) is 0 Å². The number of non-ortho nitro benzene ring substituents is 1. The molecule has 0 radical (unpaired) electrons. The van der Waals surface area contributed by atoms with Crippen molar-refractivity contribution in [1.82, 2.24) is 0 Å². The minimum atomic E-state index is -1.81. The summed E-state index contributed by atoms with van der Waals surface area (Å²) in [5.41, 5.74) is 0.413. The Labute approximate surface area is 160 Å². The van der Waals surface area contributed by atoms with Crippen LogP contribution in [0.1, 0.15) is 35.2 Å². The van der Waals surface area contributed by atoms with Crippen LogP contribution >= 0.6 is 0 Å². The molecule has 0 amide bonds. The van der Waals surface area contributed by atoms with Gasteiger partial charge in [-0.2, -0.15) is 0 Å².